The number of rotatable bonds is 5. The van der Waals surface area contributed by atoms with Crippen LogP contribution in [-0.4, -0.2) is 54.3 Å². The fourth-order valence-electron chi connectivity index (χ4n) is 4.19. The van der Waals surface area contributed by atoms with Gasteiger partial charge in [-0.2, -0.15) is 13.2 Å². The molecule has 0 spiro atoms. The Bertz CT molecular complexity index is 1030. The number of anilines is 1. The minimum atomic E-state index is -4.35. The Morgan fingerprint density at radius 1 is 0.970 bits per heavy atom. The molecule has 2 aromatic carbocycles. The number of amides is 2. The van der Waals surface area contributed by atoms with Crippen LogP contribution in [-0.2, 0) is 22.3 Å². The van der Waals surface area contributed by atoms with Gasteiger partial charge in [0.05, 0.1) is 5.56 Å². The van der Waals surface area contributed by atoms with Crippen LogP contribution in [0.1, 0.15) is 29.5 Å². The van der Waals surface area contributed by atoms with Gasteiger partial charge in [-0.3, -0.25) is 14.5 Å². The number of carbonyl (C=O) groups excluding carboxylic acids is 2. The van der Waals surface area contributed by atoms with Gasteiger partial charge >= 0.3 is 6.18 Å². The van der Waals surface area contributed by atoms with Crippen LogP contribution >= 0.6 is 0 Å². The Hall–Kier alpha value is -3.13. The van der Waals surface area contributed by atoms with Crippen LogP contribution in [0.4, 0.5) is 18.9 Å². The maximum Gasteiger partial charge on any atom is 0.416 e. The highest BCUT2D eigenvalue weighted by molar-refractivity contribution is 5.95. The maximum atomic E-state index is 12.9. The third-order valence-corrected chi connectivity index (χ3v) is 6.04. The predicted octanol–water partition coefficient (Wildman–Crippen LogP) is 4.19. The van der Waals surface area contributed by atoms with Crippen molar-refractivity contribution in [3.8, 4) is 0 Å². The van der Waals surface area contributed by atoms with Gasteiger partial charge in [-0.15, -0.1) is 0 Å². The van der Waals surface area contributed by atoms with E-state index >= 15 is 0 Å². The third kappa shape index (κ3) is 5.82. The largest absolute Gasteiger partial charge is 0.416 e. The Kier molecular flexibility index (Phi) is 6.83. The monoisotopic (exact) mass is 457 g/mol. The summed E-state index contributed by atoms with van der Waals surface area (Å²) in [5, 5.41) is 0. The summed E-state index contributed by atoms with van der Waals surface area (Å²) >= 11 is 0. The van der Waals surface area contributed by atoms with Crippen LogP contribution in [0.2, 0.25) is 0 Å². The molecule has 8 heteroatoms. The zero-order chi connectivity index (χ0) is 23.4. The van der Waals surface area contributed by atoms with Crippen molar-refractivity contribution in [2.24, 2.45) is 0 Å². The smallest absolute Gasteiger partial charge is 0.337 e. The number of halogens is 3. The second kappa shape index (κ2) is 9.79. The molecule has 5 nitrogen and oxygen atoms in total. The minimum absolute atomic E-state index is 0.0903. The Morgan fingerprint density at radius 2 is 1.70 bits per heavy atom. The first-order chi connectivity index (χ1) is 15.8. The Balaban J connectivity index is 1.27. The first-order valence-corrected chi connectivity index (χ1v) is 11.1. The van der Waals surface area contributed by atoms with Gasteiger partial charge in [-0.25, -0.2) is 0 Å². The van der Waals surface area contributed by atoms with E-state index in [0.717, 1.165) is 30.3 Å². The summed E-state index contributed by atoms with van der Waals surface area (Å²) in [6.45, 7) is 3.43. The van der Waals surface area contributed by atoms with Gasteiger partial charge in [0.15, 0.2) is 0 Å². The number of benzene rings is 2. The highest BCUT2D eigenvalue weighted by Gasteiger charge is 2.30. The molecule has 2 saturated heterocycles. The number of piperazine rings is 1. The second-order valence-corrected chi connectivity index (χ2v) is 8.37. The van der Waals surface area contributed by atoms with Crippen molar-refractivity contribution in [1.82, 2.24) is 9.80 Å². The molecule has 0 N–H and O–H groups in total. The van der Waals surface area contributed by atoms with Crippen molar-refractivity contribution >= 4 is 23.6 Å². The molecular weight excluding hydrogens is 431 g/mol. The molecule has 0 unspecified atom stereocenters. The first kappa shape index (κ1) is 23.0. The Morgan fingerprint density at radius 3 is 2.33 bits per heavy atom. The van der Waals surface area contributed by atoms with Crippen LogP contribution in [0, 0.1) is 0 Å². The summed E-state index contributed by atoms with van der Waals surface area (Å²) in [5.74, 6) is 0.0492. The highest BCUT2D eigenvalue weighted by Crippen LogP contribution is 2.30. The standard InChI is InChI=1S/C25H26F3N3O2/c26-25(27,28)21-4-1-3-20(17-21)18-29-13-15-30(16-14-29)23(32)11-8-19-6-9-22(10-7-19)31-12-2-5-24(31)33/h1,3-4,6-11,17H,2,5,12-16,18H2/b11-8+. The topological polar surface area (TPSA) is 43.9 Å². The fourth-order valence-corrected chi connectivity index (χ4v) is 4.19. The van der Waals surface area contributed by atoms with Crippen LogP contribution in [0.3, 0.4) is 0 Å². The first-order valence-electron chi connectivity index (χ1n) is 11.1. The molecule has 0 saturated carbocycles. The summed E-state index contributed by atoms with van der Waals surface area (Å²) in [6.07, 6.45) is 0.413. The number of hydrogen-bond acceptors (Lipinski definition) is 3. The average Bonchev–Trinajstić information content (AvgIpc) is 3.24. The van der Waals surface area contributed by atoms with Gasteiger partial charge in [0.2, 0.25) is 11.8 Å². The van der Waals surface area contributed by atoms with Crippen molar-refractivity contribution in [3.05, 3.63) is 71.3 Å². The maximum absolute atomic E-state index is 12.9. The van der Waals surface area contributed by atoms with Crippen molar-refractivity contribution < 1.29 is 22.8 Å². The van der Waals surface area contributed by atoms with Crippen molar-refractivity contribution in [3.63, 3.8) is 0 Å². The van der Waals surface area contributed by atoms with Crippen molar-refractivity contribution in [2.75, 3.05) is 37.6 Å². The molecule has 0 radical (unpaired) electrons. The summed E-state index contributed by atoms with van der Waals surface area (Å²) < 4.78 is 38.7. The molecule has 0 aromatic heterocycles. The van der Waals surface area contributed by atoms with E-state index < -0.39 is 11.7 Å². The lowest BCUT2D eigenvalue weighted by molar-refractivity contribution is -0.137. The molecule has 0 atom stereocenters. The van der Waals surface area contributed by atoms with E-state index in [-0.39, 0.29) is 11.8 Å². The summed E-state index contributed by atoms with van der Waals surface area (Å²) in [4.78, 5) is 30.0. The summed E-state index contributed by atoms with van der Waals surface area (Å²) in [5.41, 5.74) is 1.72. The zero-order valence-electron chi connectivity index (χ0n) is 18.2. The molecule has 0 aliphatic carbocycles. The molecule has 2 aliphatic heterocycles. The number of alkyl halides is 3. The van der Waals surface area contributed by atoms with Gasteiger partial charge in [0.25, 0.3) is 0 Å². The van der Waals surface area contributed by atoms with Gasteiger partial charge in [-0.05, 0) is 41.8 Å². The average molecular weight is 457 g/mol. The van der Waals surface area contributed by atoms with Crippen molar-refractivity contribution in [1.29, 1.82) is 0 Å². The summed E-state index contributed by atoms with van der Waals surface area (Å²) in [6, 6.07) is 12.9. The van der Waals surface area contributed by atoms with Gasteiger partial charge in [0, 0.05) is 57.5 Å². The molecule has 2 heterocycles. The van der Waals surface area contributed by atoms with E-state index in [1.54, 1.807) is 28.0 Å². The molecular formula is C25H26F3N3O2. The molecule has 0 bridgehead atoms. The lowest BCUT2D eigenvalue weighted by Gasteiger charge is -2.34. The minimum Gasteiger partial charge on any atom is -0.337 e. The van der Waals surface area contributed by atoms with Crippen LogP contribution in [0.25, 0.3) is 6.08 Å². The SMILES string of the molecule is O=C(/C=C/c1ccc(N2CCCC2=O)cc1)N1CCN(Cc2cccc(C(F)(F)F)c2)CC1. The second-order valence-electron chi connectivity index (χ2n) is 8.37. The molecule has 2 fully saturated rings. The normalized spacial score (nSPS) is 17.8. The number of carbonyl (C=O) groups is 2. The van der Waals surface area contributed by atoms with E-state index in [4.69, 9.17) is 0 Å². The zero-order valence-corrected chi connectivity index (χ0v) is 18.2. The van der Waals surface area contributed by atoms with Crippen LogP contribution < -0.4 is 4.90 Å². The third-order valence-electron chi connectivity index (χ3n) is 6.04. The molecule has 2 aromatic rings. The number of nitrogens with zero attached hydrogens (tertiary/aromatic N) is 3. The highest BCUT2D eigenvalue weighted by atomic mass is 19.4. The van der Waals surface area contributed by atoms with Gasteiger partial charge in [0.1, 0.15) is 0 Å². The van der Waals surface area contributed by atoms with Gasteiger partial charge < -0.3 is 9.80 Å². The van der Waals surface area contributed by atoms with Gasteiger partial charge in [-0.1, -0.05) is 30.3 Å². The van der Waals surface area contributed by atoms with Crippen LogP contribution in [0.5, 0.6) is 0 Å². The fraction of sp³-hybridized carbons (Fsp3) is 0.360. The quantitative estimate of drug-likeness (QED) is 0.633. The molecule has 33 heavy (non-hydrogen) atoms. The molecule has 2 amide bonds. The van der Waals surface area contributed by atoms with E-state index in [2.05, 4.69) is 4.90 Å². The molecule has 2 aliphatic rings. The predicted molar refractivity (Wildman–Crippen MR) is 120 cm³/mol. The van der Waals surface area contributed by atoms with E-state index in [0.29, 0.717) is 44.7 Å². The molecule has 174 valence electrons. The van der Waals surface area contributed by atoms with Crippen molar-refractivity contribution in [2.45, 2.75) is 25.6 Å². The lowest BCUT2D eigenvalue weighted by atomic mass is 10.1. The Labute approximate surface area is 191 Å². The summed E-state index contributed by atoms with van der Waals surface area (Å²) in [7, 11) is 0. The molecule has 4 rings (SSSR count). The van der Waals surface area contributed by atoms with Crippen LogP contribution in [0.15, 0.2) is 54.6 Å². The number of hydrogen-bond donors (Lipinski definition) is 0. The lowest BCUT2D eigenvalue weighted by Crippen LogP contribution is -2.47. The van der Waals surface area contributed by atoms with E-state index in [1.807, 2.05) is 24.3 Å². The van der Waals surface area contributed by atoms with E-state index in [1.165, 1.54) is 12.1 Å². The van der Waals surface area contributed by atoms with E-state index in [9.17, 15) is 22.8 Å².